The highest BCUT2D eigenvalue weighted by Crippen LogP contribution is 2.33. The van der Waals surface area contributed by atoms with Crippen LogP contribution in [0, 0.1) is 11.8 Å². The lowest BCUT2D eigenvalue weighted by atomic mass is 9.76. The highest BCUT2D eigenvalue weighted by atomic mass is 16.3. The summed E-state index contributed by atoms with van der Waals surface area (Å²) in [5, 5.41) is 18.5. The molecule has 2 N–H and O–H groups in total. The summed E-state index contributed by atoms with van der Waals surface area (Å²) in [5.41, 5.74) is 0. The van der Waals surface area contributed by atoms with Crippen LogP contribution in [0.5, 0.6) is 0 Å². The van der Waals surface area contributed by atoms with Crippen molar-refractivity contribution < 1.29 is 10.2 Å². The van der Waals surface area contributed by atoms with Crippen molar-refractivity contribution in [1.82, 2.24) is 0 Å². The molecule has 2 nitrogen and oxygen atoms in total. The molecule has 0 aliphatic heterocycles. The van der Waals surface area contributed by atoms with Gasteiger partial charge in [-0.1, -0.05) is 19.8 Å². The van der Waals surface area contributed by atoms with Crippen molar-refractivity contribution in [3.63, 3.8) is 0 Å². The number of hydrogen-bond donors (Lipinski definition) is 2. The van der Waals surface area contributed by atoms with Crippen LogP contribution < -0.4 is 0 Å². The zero-order chi connectivity index (χ0) is 9.68. The van der Waals surface area contributed by atoms with Crippen LogP contribution in [0.15, 0.2) is 0 Å². The zero-order valence-electron chi connectivity index (χ0n) is 8.58. The minimum absolute atomic E-state index is 0.153. The topological polar surface area (TPSA) is 40.5 Å². The summed E-state index contributed by atoms with van der Waals surface area (Å²) >= 11 is 0. The number of aliphatic hydroxyl groups excluding tert-OH is 2. The highest BCUT2D eigenvalue weighted by molar-refractivity contribution is 4.79. The predicted molar refractivity (Wildman–Crippen MR) is 53.4 cm³/mol. The Morgan fingerprint density at radius 3 is 2.62 bits per heavy atom. The summed E-state index contributed by atoms with van der Waals surface area (Å²) in [6, 6.07) is 0. The Balaban J connectivity index is 2.33. The summed E-state index contributed by atoms with van der Waals surface area (Å²) in [6.45, 7) is 2.44. The minimum atomic E-state index is -0.153. The lowest BCUT2D eigenvalue weighted by Gasteiger charge is -2.32. The summed E-state index contributed by atoms with van der Waals surface area (Å²) in [4.78, 5) is 0. The van der Waals surface area contributed by atoms with Gasteiger partial charge >= 0.3 is 0 Å². The van der Waals surface area contributed by atoms with Gasteiger partial charge in [0.2, 0.25) is 0 Å². The average molecular weight is 186 g/mol. The second-order valence-corrected chi connectivity index (χ2v) is 4.31. The van der Waals surface area contributed by atoms with E-state index in [0.717, 1.165) is 25.2 Å². The molecule has 0 aromatic heterocycles. The van der Waals surface area contributed by atoms with Gasteiger partial charge in [-0.3, -0.25) is 0 Å². The second-order valence-electron chi connectivity index (χ2n) is 4.31. The van der Waals surface area contributed by atoms with Crippen LogP contribution in [-0.2, 0) is 0 Å². The average Bonchev–Trinajstić information content (AvgIpc) is 2.12. The number of hydrogen-bond acceptors (Lipinski definition) is 2. The van der Waals surface area contributed by atoms with Crippen molar-refractivity contribution in [3.05, 3.63) is 0 Å². The maximum atomic E-state index is 9.67. The van der Waals surface area contributed by atoms with E-state index < -0.39 is 0 Å². The number of rotatable bonds is 4. The molecule has 0 amide bonds. The van der Waals surface area contributed by atoms with Crippen molar-refractivity contribution in [1.29, 1.82) is 0 Å². The number of aliphatic hydroxyl groups is 2. The van der Waals surface area contributed by atoms with E-state index in [1.807, 2.05) is 0 Å². The van der Waals surface area contributed by atoms with Gasteiger partial charge < -0.3 is 10.2 Å². The minimum Gasteiger partial charge on any atom is -0.396 e. The van der Waals surface area contributed by atoms with E-state index in [0.29, 0.717) is 5.92 Å². The normalized spacial score (nSPS) is 34.8. The summed E-state index contributed by atoms with van der Waals surface area (Å²) in [7, 11) is 0. The van der Waals surface area contributed by atoms with Gasteiger partial charge in [-0.15, -0.1) is 0 Å². The molecule has 2 heteroatoms. The van der Waals surface area contributed by atoms with Crippen molar-refractivity contribution in [2.24, 2.45) is 11.8 Å². The van der Waals surface area contributed by atoms with E-state index in [2.05, 4.69) is 6.92 Å². The van der Waals surface area contributed by atoms with Gasteiger partial charge in [-0.2, -0.15) is 0 Å². The molecule has 1 aliphatic rings. The molecule has 1 fully saturated rings. The highest BCUT2D eigenvalue weighted by Gasteiger charge is 2.27. The Morgan fingerprint density at radius 1 is 1.23 bits per heavy atom. The molecular weight excluding hydrogens is 164 g/mol. The molecule has 0 heterocycles. The third-order valence-corrected chi connectivity index (χ3v) is 3.25. The zero-order valence-corrected chi connectivity index (χ0v) is 8.58. The van der Waals surface area contributed by atoms with E-state index in [9.17, 15) is 5.11 Å². The Kier molecular flexibility index (Phi) is 4.74. The summed E-state index contributed by atoms with van der Waals surface area (Å²) in [5.74, 6) is 1.15. The van der Waals surface area contributed by atoms with E-state index in [4.69, 9.17) is 5.11 Å². The van der Waals surface area contributed by atoms with Gasteiger partial charge in [0.05, 0.1) is 6.10 Å². The van der Waals surface area contributed by atoms with Crippen molar-refractivity contribution >= 4 is 0 Å². The first kappa shape index (κ1) is 11.0. The molecule has 0 aromatic rings. The van der Waals surface area contributed by atoms with E-state index in [1.54, 1.807) is 0 Å². The van der Waals surface area contributed by atoms with Crippen LogP contribution in [0.25, 0.3) is 0 Å². The van der Waals surface area contributed by atoms with Crippen molar-refractivity contribution in [3.8, 4) is 0 Å². The first-order valence-electron chi connectivity index (χ1n) is 5.56. The molecule has 3 unspecified atom stereocenters. The lowest BCUT2D eigenvalue weighted by Crippen LogP contribution is -2.29. The van der Waals surface area contributed by atoms with Crippen LogP contribution in [-0.4, -0.2) is 22.9 Å². The Bertz CT molecular complexity index is 136. The molecule has 0 aromatic carbocycles. The fourth-order valence-corrected chi connectivity index (χ4v) is 2.49. The quantitative estimate of drug-likeness (QED) is 0.704. The molecule has 0 spiro atoms. The van der Waals surface area contributed by atoms with Gasteiger partial charge in [-0.05, 0) is 37.5 Å². The summed E-state index contributed by atoms with van der Waals surface area (Å²) in [6.07, 6.45) is 6.39. The van der Waals surface area contributed by atoms with Crippen molar-refractivity contribution in [2.45, 2.75) is 51.6 Å². The van der Waals surface area contributed by atoms with Gasteiger partial charge in [-0.25, -0.2) is 0 Å². The van der Waals surface area contributed by atoms with Crippen LogP contribution in [0.3, 0.4) is 0 Å². The second kappa shape index (κ2) is 5.61. The van der Waals surface area contributed by atoms with Crippen molar-refractivity contribution in [2.75, 3.05) is 6.61 Å². The Labute approximate surface area is 81.0 Å². The van der Waals surface area contributed by atoms with Gasteiger partial charge in [0.1, 0.15) is 0 Å². The standard InChI is InChI=1S/C11H22O2/c1-2-3-9-4-5-11(13)10(8-9)6-7-12/h9-13H,2-8H2,1H3. The van der Waals surface area contributed by atoms with Gasteiger partial charge in [0.25, 0.3) is 0 Å². The molecular formula is C11H22O2. The SMILES string of the molecule is CCCC1CCC(O)C(CCO)C1. The Morgan fingerprint density at radius 2 is 2.00 bits per heavy atom. The third kappa shape index (κ3) is 3.28. The van der Waals surface area contributed by atoms with Crippen LogP contribution in [0.2, 0.25) is 0 Å². The smallest absolute Gasteiger partial charge is 0.0569 e. The van der Waals surface area contributed by atoms with Crippen LogP contribution >= 0.6 is 0 Å². The lowest BCUT2D eigenvalue weighted by molar-refractivity contribution is 0.0331. The fourth-order valence-electron chi connectivity index (χ4n) is 2.49. The summed E-state index contributed by atoms with van der Waals surface area (Å²) < 4.78 is 0. The first-order valence-corrected chi connectivity index (χ1v) is 5.56. The van der Waals surface area contributed by atoms with Crippen LogP contribution in [0.1, 0.15) is 45.4 Å². The molecule has 3 atom stereocenters. The maximum absolute atomic E-state index is 9.67. The van der Waals surface area contributed by atoms with E-state index in [1.165, 1.54) is 19.3 Å². The third-order valence-electron chi connectivity index (χ3n) is 3.25. The molecule has 1 saturated carbocycles. The van der Waals surface area contributed by atoms with E-state index in [-0.39, 0.29) is 12.7 Å². The fraction of sp³-hybridized carbons (Fsp3) is 1.00. The van der Waals surface area contributed by atoms with E-state index >= 15 is 0 Å². The molecule has 78 valence electrons. The first-order chi connectivity index (χ1) is 6.27. The molecule has 1 aliphatic carbocycles. The Hall–Kier alpha value is -0.0800. The largest absolute Gasteiger partial charge is 0.396 e. The molecule has 1 rings (SSSR count). The van der Waals surface area contributed by atoms with Gasteiger partial charge in [0, 0.05) is 6.61 Å². The van der Waals surface area contributed by atoms with Crippen LogP contribution in [0.4, 0.5) is 0 Å². The molecule has 13 heavy (non-hydrogen) atoms. The van der Waals surface area contributed by atoms with Gasteiger partial charge in [0.15, 0.2) is 0 Å². The molecule has 0 saturated heterocycles. The molecule has 0 radical (unpaired) electrons. The predicted octanol–water partition coefficient (Wildman–Crippen LogP) is 1.95. The maximum Gasteiger partial charge on any atom is 0.0569 e. The molecule has 0 bridgehead atoms. The monoisotopic (exact) mass is 186 g/mol.